The molecule has 0 bridgehead atoms. The Balaban J connectivity index is 1.79. The van der Waals surface area contributed by atoms with Gasteiger partial charge in [-0.3, -0.25) is 0 Å². The fourth-order valence-corrected chi connectivity index (χ4v) is 3.33. The molecular formula is C19H25BrO3. The third-order valence-electron chi connectivity index (χ3n) is 4.38. The Labute approximate surface area is 147 Å². The van der Waals surface area contributed by atoms with Crippen molar-refractivity contribution in [1.29, 1.82) is 0 Å². The molecule has 126 valence electrons. The maximum atomic E-state index is 11.1. The molecule has 1 aromatic carbocycles. The van der Waals surface area contributed by atoms with Gasteiger partial charge < -0.3 is 9.47 Å². The van der Waals surface area contributed by atoms with Gasteiger partial charge in [0, 0.05) is 10.5 Å². The average molecular weight is 381 g/mol. The van der Waals surface area contributed by atoms with Crippen LogP contribution in [-0.2, 0) is 20.9 Å². The number of methoxy groups -OCH3 is 1. The lowest BCUT2D eigenvalue weighted by Crippen LogP contribution is -2.27. The molecule has 2 unspecified atom stereocenters. The normalized spacial score (nSPS) is 21.5. The molecule has 0 N–H and O–H groups in total. The summed E-state index contributed by atoms with van der Waals surface area (Å²) in [5, 5.41) is 0. The Hall–Kier alpha value is -1.13. The zero-order valence-electron chi connectivity index (χ0n) is 13.7. The van der Waals surface area contributed by atoms with Crippen molar-refractivity contribution in [2.24, 2.45) is 5.92 Å². The molecule has 23 heavy (non-hydrogen) atoms. The molecule has 0 aromatic heterocycles. The van der Waals surface area contributed by atoms with Crippen molar-refractivity contribution in [1.82, 2.24) is 0 Å². The number of ether oxygens (including phenoxy) is 2. The van der Waals surface area contributed by atoms with E-state index in [-0.39, 0.29) is 5.97 Å². The highest BCUT2D eigenvalue weighted by atomic mass is 79.9. The molecular weight excluding hydrogens is 356 g/mol. The van der Waals surface area contributed by atoms with Crippen LogP contribution in [0.2, 0.25) is 0 Å². The number of carbonyl (C=O) groups is 1. The second-order valence-electron chi connectivity index (χ2n) is 6.02. The Morgan fingerprint density at radius 2 is 2.00 bits per heavy atom. The first-order valence-electron chi connectivity index (χ1n) is 8.29. The van der Waals surface area contributed by atoms with Gasteiger partial charge >= 0.3 is 5.97 Å². The number of allylic oxidation sites excluding steroid dienone is 1. The second kappa shape index (κ2) is 9.89. The third kappa shape index (κ3) is 6.48. The van der Waals surface area contributed by atoms with Crippen molar-refractivity contribution in [2.45, 2.75) is 51.2 Å². The lowest BCUT2D eigenvalue weighted by Gasteiger charge is -2.31. The molecule has 0 aliphatic heterocycles. The molecule has 2 rings (SSSR count). The van der Waals surface area contributed by atoms with E-state index in [2.05, 4.69) is 44.9 Å². The first-order chi connectivity index (χ1) is 11.2. The monoisotopic (exact) mass is 380 g/mol. The van der Waals surface area contributed by atoms with Crippen LogP contribution in [0.4, 0.5) is 0 Å². The Bertz CT molecular complexity index is 510. The van der Waals surface area contributed by atoms with Crippen LogP contribution in [0.3, 0.4) is 0 Å². The van der Waals surface area contributed by atoms with Gasteiger partial charge in [0.2, 0.25) is 0 Å². The summed E-state index contributed by atoms with van der Waals surface area (Å²) in [6.07, 6.45) is 10.6. The molecule has 1 aliphatic carbocycles. The van der Waals surface area contributed by atoms with Crippen LogP contribution in [-0.4, -0.2) is 19.2 Å². The quantitative estimate of drug-likeness (QED) is 0.491. The van der Waals surface area contributed by atoms with Gasteiger partial charge in [0.05, 0.1) is 19.8 Å². The van der Waals surface area contributed by atoms with Crippen molar-refractivity contribution in [3.05, 3.63) is 46.5 Å². The average Bonchev–Trinajstić information content (AvgIpc) is 2.59. The largest absolute Gasteiger partial charge is 0.466 e. The predicted molar refractivity (Wildman–Crippen MR) is 95.1 cm³/mol. The predicted octanol–water partition coefficient (Wildman–Crippen LogP) is 5.03. The number of carbonyl (C=O) groups excluding carboxylic acids is 1. The van der Waals surface area contributed by atoms with Crippen LogP contribution >= 0.6 is 15.9 Å². The van der Waals surface area contributed by atoms with Crippen LogP contribution in [0.25, 0.3) is 0 Å². The lowest BCUT2D eigenvalue weighted by molar-refractivity contribution is -0.134. The lowest BCUT2D eigenvalue weighted by atomic mass is 9.83. The van der Waals surface area contributed by atoms with Crippen LogP contribution in [0.5, 0.6) is 0 Å². The first kappa shape index (κ1) is 18.2. The molecule has 0 radical (unpaired) electrons. The van der Waals surface area contributed by atoms with Gasteiger partial charge in [-0.15, -0.1) is 0 Å². The zero-order chi connectivity index (χ0) is 16.5. The highest BCUT2D eigenvalue weighted by molar-refractivity contribution is 9.10. The number of rotatable bonds is 7. The number of hydrogen-bond donors (Lipinski definition) is 0. The van der Waals surface area contributed by atoms with Crippen LogP contribution in [0.1, 0.15) is 44.1 Å². The third-order valence-corrected chi connectivity index (χ3v) is 4.90. The number of hydrogen-bond acceptors (Lipinski definition) is 3. The maximum absolute atomic E-state index is 11.1. The van der Waals surface area contributed by atoms with Gasteiger partial charge in [0.25, 0.3) is 0 Å². The summed E-state index contributed by atoms with van der Waals surface area (Å²) in [5.41, 5.74) is 1.21. The van der Waals surface area contributed by atoms with Crippen molar-refractivity contribution in [2.75, 3.05) is 7.11 Å². The summed E-state index contributed by atoms with van der Waals surface area (Å²) in [4.78, 5) is 11.1. The Kier molecular flexibility index (Phi) is 7.83. The first-order valence-corrected chi connectivity index (χ1v) is 9.09. The summed E-state index contributed by atoms with van der Waals surface area (Å²) < 4.78 is 11.9. The molecule has 2 atom stereocenters. The van der Waals surface area contributed by atoms with Crippen molar-refractivity contribution >= 4 is 21.9 Å². The molecule has 0 amide bonds. The minimum atomic E-state index is -0.281. The molecule has 4 heteroatoms. The van der Waals surface area contributed by atoms with E-state index in [1.807, 2.05) is 6.08 Å². The molecule has 0 saturated heterocycles. The summed E-state index contributed by atoms with van der Waals surface area (Å²) in [6.45, 7) is 0.673. The smallest absolute Gasteiger partial charge is 0.330 e. The molecule has 0 spiro atoms. The van der Waals surface area contributed by atoms with E-state index in [1.54, 1.807) is 0 Å². The van der Waals surface area contributed by atoms with E-state index < -0.39 is 0 Å². The SMILES string of the molecule is COC(=O)C=CCCC1CCCCC1OCc1ccc(Br)cc1. The van der Waals surface area contributed by atoms with Crippen molar-refractivity contribution in [3.8, 4) is 0 Å². The second-order valence-corrected chi connectivity index (χ2v) is 6.94. The number of esters is 1. The van der Waals surface area contributed by atoms with Crippen LogP contribution in [0, 0.1) is 5.92 Å². The molecule has 0 heterocycles. The van der Waals surface area contributed by atoms with E-state index >= 15 is 0 Å². The van der Waals surface area contributed by atoms with Crippen molar-refractivity contribution < 1.29 is 14.3 Å². The van der Waals surface area contributed by atoms with E-state index in [9.17, 15) is 4.79 Å². The standard InChI is InChI=1S/C19H25BrO3/c1-22-19(21)9-5-3-7-16-6-2-4-8-18(16)23-14-15-10-12-17(20)13-11-15/h5,9-13,16,18H,2-4,6-8,14H2,1H3. The minimum Gasteiger partial charge on any atom is -0.466 e. The number of benzene rings is 1. The molecule has 1 aromatic rings. The van der Waals surface area contributed by atoms with Crippen LogP contribution in [0.15, 0.2) is 40.9 Å². The van der Waals surface area contributed by atoms with Crippen LogP contribution < -0.4 is 0 Å². The molecule has 3 nitrogen and oxygen atoms in total. The molecule has 1 aliphatic rings. The van der Waals surface area contributed by atoms with E-state index in [0.29, 0.717) is 18.6 Å². The Morgan fingerprint density at radius 1 is 1.26 bits per heavy atom. The maximum Gasteiger partial charge on any atom is 0.330 e. The van der Waals surface area contributed by atoms with E-state index in [0.717, 1.165) is 23.7 Å². The highest BCUT2D eigenvalue weighted by Crippen LogP contribution is 2.31. The summed E-state index contributed by atoms with van der Waals surface area (Å²) in [7, 11) is 1.40. The Morgan fingerprint density at radius 3 is 2.74 bits per heavy atom. The van der Waals surface area contributed by atoms with Crippen molar-refractivity contribution in [3.63, 3.8) is 0 Å². The van der Waals surface area contributed by atoms with E-state index in [1.165, 1.54) is 38.0 Å². The molecule has 1 fully saturated rings. The fourth-order valence-electron chi connectivity index (χ4n) is 3.07. The van der Waals surface area contributed by atoms with Gasteiger partial charge in [-0.05, 0) is 49.3 Å². The topological polar surface area (TPSA) is 35.5 Å². The van der Waals surface area contributed by atoms with Gasteiger partial charge in [0.15, 0.2) is 0 Å². The summed E-state index contributed by atoms with van der Waals surface area (Å²) in [5.74, 6) is 0.304. The van der Waals surface area contributed by atoms with E-state index in [4.69, 9.17) is 4.74 Å². The fraction of sp³-hybridized carbons (Fsp3) is 0.526. The van der Waals surface area contributed by atoms with Gasteiger partial charge in [-0.25, -0.2) is 4.79 Å². The van der Waals surface area contributed by atoms with Gasteiger partial charge in [-0.1, -0.05) is 47.0 Å². The highest BCUT2D eigenvalue weighted by Gasteiger charge is 2.25. The summed E-state index contributed by atoms with van der Waals surface area (Å²) >= 11 is 3.45. The minimum absolute atomic E-state index is 0.281. The number of halogens is 1. The van der Waals surface area contributed by atoms with Gasteiger partial charge in [-0.2, -0.15) is 0 Å². The zero-order valence-corrected chi connectivity index (χ0v) is 15.3. The summed E-state index contributed by atoms with van der Waals surface area (Å²) in [6, 6.07) is 8.30. The van der Waals surface area contributed by atoms with Gasteiger partial charge in [0.1, 0.15) is 0 Å². The molecule has 1 saturated carbocycles.